The number of nitrogens with two attached hydrogens (primary N) is 1. The van der Waals surface area contributed by atoms with Crippen LogP contribution in [0.5, 0.6) is 0 Å². The monoisotopic (exact) mass is 381 g/mol. The number of hydrogen-bond acceptors (Lipinski definition) is 8. The van der Waals surface area contributed by atoms with E-state index in [1.54, 1.807) is 25.3 Å². The van der Waals surface area contributed by atoms with Crippen LogP contribution in [0.2, 0.25) is 0 Å². The highest BCUT2D eigenvalue weighted by atomic mass is 16.5. The molecule has 2 aromatic heterocycles. The van der Waals surface area contributed by atoms with E-state index in [1.165, 1.54) is 12.4 Å². The molecule has 9 heteroatoms. The Bertz CT molecular complexity index is 892. The fourth-order valence-electron chi connectivity index (χ4n) is 2.27. The summed E-state index contributed by atoms with van der Waals surface area (Å²) in [5.74, 6) is 2.23. The lowest BCUT2D eigenvalue weighted by Crippen LogP contribution is -2.06. The molecule has 0 unspecified atom stereocenters. The van der Waals surface area contributed by atoms with Gasteiger partial charge in [0.15, 0.2) is 11.5 Å². The molecule has 0 aliphatic heterocycles. The topological polar surface area (TPSA) is 135 Å². The van der Waals surface area contributed by atoms with E-state index in [2.05, 4.69) is 32.1 Å². The fraction of sp³-hybridized carbons (Fsp3) is 0.263. The van der Waals surface area contributed by atoms with Crippen LogP contribution in [0.15, 0.2) is 48.7 Å². The van der Waals surface area contributed by atoms with Gasteiger partial charge in [-0.1, -0.05) is 12.7 Å². The van der Waals surface area contributed by atoms with Crippen LogP contribution in [0.4, 0.5) is 11.6 Å². The molecule has 0 spiro atoms. The average Bonchev–Trinajstić information content (AvgIpc) is 3.16. The zero-order chi connectivity index (χ0) is 20.4. The van der Waals surface area contributed by atoms with Crippen LogP contribution in [0.3, 0.4) is 0 Å². The second kappa shape index (κ2) is 10.5. The number of nitrogens with zero attached hydrogens (tertiary/aromatic N) is 4. The lowest BCUT2D eigenvalue weighted by atomic mass is 10.1. The minimum absolute atomic E-state index is 0.239. The van der Waals surface area contributed by atoms with Crippen molar-refractivity contribution < 1.29 is 9.47 Å². The highest BCUT2D eigenvalue weighted by molar-refractivity contribution is 5.78. The number of methoxy groups -OCH3 is 1. The van der Waals surface area contributed by atoms with Crippen LogP contribution in [0.1, 0.15) is 24.7 Å². The minimum atomic E-state index is 0.239. The Kier molecular flexibility index (Phi) is 7.75. The Labute approximate surface area is 163 Å². The molecule has 146 valence electrons. The summed E-state index contributed by atoms with van der Waals surface area (Å²) in [4.78, 5) is 8.08. The van der Waals surface area contributed by atoms with Gasteiger partial charge in [0.2, 0.25) is 0 Å². The lowest BCUT2D eigenvalue weighted by Gasteiger charge is -2.15. The van der Waals surface area contributed by atoms with E-state index in [0.29, 0.717) is 47.6 Å². The van der Waals surface area contributed by atoms with Gasteiger partial charge in [-0.25, -0.2) is 9.97 Å². The number of nitriles is 1. The molecule has 0 atom stereocenters. The first kappa shape index (κ1) is 20.7. The summed E-state index contributed by atoms with van der Waals surface area (Å²) in [5.41, 5.74) is 7.18. The van der Waals surface area contributed by atoms with Gasteiger partial charge in [-0.15, -0.1) is 0 Å². The number of anilines is 2. The number of H-pyrrole nitrogens is 1. The van der Waals surface area contributed by atoms with Crippen molar-refractivity contribution in [2.45, 2.75) is 13.3 Å². The van der Waals surface area contributed by atoms with Crippen LogP contribution in [0, 0.1) is 11.3 Å². The predicted molar refractivity (Wildman–Crippen MR) is 106 cm³/mol. The van der Waals surface area contributed by atoms with Crippen molar-refractivity contribution in [1.29, 1.82) is 5.26 Å². The van der Waals surface area contributed by atoms with E-state index in [4.69, 9.17) is 20.5 Å². The zero-order valence-electron chi connectivity index (χ0n) is 15.9. The summed E-state index contributed by atoms with van der Waals surface area (Å²) in [5, 5.41) is 19.0. The third-order valence-corrected chi connectivity index (χ3v) is 3.65. The molecule has 28 heavy (non-hydrogen) atoms. The van der Waals surface area contributed by atoms with Crippen molar-refractivity contribution in [3.05, 3.63) is 60.1 Å². The van der Waals surface area contributed by atoms with Gasteiger partial charge in [0.1, 0.15) is 23.4 Å². The molecular formula is C19H23N7O2. The number of rotatable bonds is 10. The van der Waals surface area contributed by atoms with Gasteiger partial charge in [0.05, 0.1) is 37.4 Å². The Morgan fingerprint density at radius 2 is 2.21 bits per heavy atom. The van der Waals surface area contributed by atoms with Gasteiger partial charge >= 0.3 is 0 Å². The maximum absolute atomic E-state index is 8.79. The molecule has 9 nitrogen and oxygen atoms in total. The fourth-order valence-corrected chi connectivity index (χ4v) is 2.27. The SMILES string of the molecule is C=C/C=C(OCCCN)\C(=C(/C)OC)c1cc(Nc2cnc(C#N)cn2)n[nH]1. The highest BCUT2D eigenvalue weighted by Gasteiger charge is 2.17. The van der Waals surface area contributed by atoms with Crippen molar-refractivity contribution in [1.82, 2.24) is 20.2 Å². The first-order valence-corrected chi connectivity index (χ1v) is 8.58. The highest BCUT2D eigenvalue weighted by Crippen LogP contribution is 2.29. The summed E-state index contributed by atoms with van der Waals surface area (Å²) >= 11 is 0. The third kappa shape index (κ3) is 5.43. The molecule has 0 aromatic carbocycles. The summed E-state index contributed by atoms with van der Waals surface area (Å²) in [6.45, 7) is 6.58. The van der Waals surface area contributed by atoms with Gasteiger partial charge in [-0.3, -0.25) is 5.10 Å². The summed E-state index contributed by atoms with van der Waals surface area (Å²) in [7, 11) is 1.59. The Morgan fingerprint density at radius 1 is 1.39 bits per heavy atom. The van der Waals surface area contributed by atoms with Crippen molar-refractivity contribution in [2.75, 3.05) is 25.6 Å². The number of aromatic nitrogens is 4. The van der Waals surface area contributed by atoms with E-state index in [0.717, 1.165) is 6.42 Å². The molecule has 0 aliphatic carbocycles. The van der Waals surface area contributed by atoms with Gasteiger partial charge in [0, 0.05) is 6.07 Å². The van der Waals surface area contributed by atoms with Crippen LogP contribution in [-0.4, -0.2) is 40.4 Å². The molecule has 0 saturated carbocycles. The largest absolute Gasteiger partial charge is 0.501 e. The van der Waals surface area contributed by atoms with Crippen LogP contribution in [-0.2, 0) is 9.47 Å². The molecule has 2 rings (SSSR count). The van der Waals surface area contributed by atoms with Crippen molar-refractivity contribution in [3.63, 3.8) is 0 Å². The maximum atomic E-state index is 8.79. The van der Waals surface area contributed by atoms with Crippen LogP contribution >= 0.6 is 0 Å². The molecular weight excluding hydrogens is 358 g/mol. The standard InChI is InChI=1S/C19H23N7O2/c1-4-6-16(28-8-5-7-20)19(13(2)27-3)15-9-17(26-25-15)24-18-12-22-14(10-21)11-23-18/h4,6,9,11-12H,1,5,7-8,20H2,2-3H3,(H2,23,24,25,26)/b16-6+,19-13+. The van der Waals surface area contributed by atoms with Gasteiger partial charge < -0.3 is 20.5 Å². The second-order valence-corrected chi connectivity index (χ2v) is 5.58. The van der Waals surface area contributed by atoms with E-state index in [9.17, 15) is 0 Å². The molecule has 0 saturated heterocycles. The zero-order valence-corrected chi connectivity index (χ0v) is 15.9. The molecule has 2 heterocycles. The average molecular weight is 381 g/mol. The van der Waals surface area contributed by atoms with Gasteiger partial charge in [-0.2, -0.15) is 10.4 Å². The van der Waals surface area contributed by atoms with Crippen molar-refractivity contribution >= 4 is 17.2 Å². The molecule has 2 aromatic rings. The second-order valence-electron chi connectivity index (χ2n) is 5.58. The summed E-state index contributed by atoms with van der Waals surface area (Å²) in [6.07, 6.45) is 6.97. The number of aromatic amines is 1. The smallest absolute Gasteiger partial charge is 0.158 e. The third-order valence-electron chi connectivity index (χ3n) is 3.65. The molecule has 0 amide bonds. The number of ether oxygens (including phenoxy) is 2. The number of allylic oxidation sites excluding steroid dienone is 4. The van der Waals surface area contributed by atoms with Gasteiger partial charge in [0.25, 0.3) is 0 Å². The quantitative estimate of drug-likeness (QED) is 0.325. The normalized spacial score (nSPS) is 12.0. The van der Waals surface area contributed by atoms with E-state index >= 15 is 0 Å². The molecule has 0 fully saturated rings. The Morgan fingerprint density at radius 3 is 2.82 bits per heavy atom. The van der Waals surface area contributed by atoms with Gasteiger partial charge in [-0.05, 0) is 26.0 Å². The first-order valence-electron chi connectivity index (χ1n) is 8.58. The molecule has 4 N–H and O–H groups in total. The summed E-state index contributed by atoms with van der Waals surface area (Å²) < 4.78 is 11.3. The van der Waals surface area contributed by atoms with E-state index in [1.807, 2.05) is 13.0 Å². The van der Waals surface area contributed by atoms with Crippen molar-refractivity contribution in [3.8, 4) is 6.07 Å². The Hall–Kier alpha value is -3.64. The van der Waals surface area contributed by atoms with Crippen LogP contribution < -0.4 is 11.1 Å². The van der Waals surface area contributed by atoms with Crippen molar-refractivity contribution in [2.24, 2.45) is 5.73 Å². The Balaban J connectivity index is 2.28. The molecule has 0 aliphatic rings. The van der Waals surface area contributed by atoms with E-state index in [-0.39, 0.29) is 5.69 Å². The summed E-state index contributed by atoms with van der Waals surface area (Å²) in [6, 6.07) is 3.71. The van der Waals surface area contributed by atoms with Crippen LogP contribution in [0.25, 0.3) is 5.57 Å². The minimum Gasteiger partial charge on any atom is -0.501 e. The molecule has 0 bridgehead atoms. The lowest BCUT2D eigenvalue weighted by molar-refractivity contribution is 0.221. The number of nitrogens with one attached hydrogen (secondary N) is 2. The number of hydrogen-bond donors (Lipinski definition) is 3. The molecule has 0 radical (unpaired) electrons. The van der Waals surface area contributed by atoms with E-state index < -0.39 is 0 Å². The first-order chi connectivity index (χ1) is 13.6. The predicted octanol–water partition coefficient (Wildman–Crippen LogP) is 2.63. The maximum Gasteiger partial charge on any atom is 0.158 e.